The Labute approximate surface area is 180 Å². The van der Waals surface area contributed by atoms with Crippen molar-refractivity contribution in [2.75, 3.05) is 0 Å². The molecule has 0 aromatic heterocycles. The largest absolute Gasteiger partial charge is 0.462 e. The number of esters is 1. The van der Waals surface area contributed by atoms with Gasteiger partial charge in [-0.05, 0) is 74.5 Å². The zero-order valence-corrected chi connectivity index (χ0v) is 19.5. The van der Waals surface area contributed by atoms with Gasteiger partial charge in [0.05, 0.1) is 0 Å². The summed E-state index contributed by atoms with van der Waals surface area (Å²) in [6, 6.07) is 0. The van der Waals surface area contributed by atoms with Crippen LogP contribution in [0.4, 0.5) is 0 Å². The van der Waals surface area contributed by atoms with Crippen LogP contribution >= 0.6 is 0 Å². The first-order chi connectivity index (χ1) is 14.2. The third kappa shape index (κ3) is 7.59. The molecule has 0 radical (unpaired) electrons. The summed E-state index contributed by atoms with van der Waals surface area (Å²) in [6.45, 7) is 4.39. The Bertz CT molecular complexity index is 449. The molecule has 3 rings (SSSR count). The topological polar surface area (TPSA) is 26.3 Å². The number of rotatable bonds is 9. The molecule has 0 heterocycles. The summed E-state index contributed by atoms with van der Waals surface area (Å²) in [5.74, 6) is 5.01. The monoisotopic (exact) mass is 404 g/mol. The average molecular weight is 405 g/mol. The van der Waals surface area contributed by atoms with Crippen LogP contribution in [0.25, 0.3) is 0 Å². The highest BCUT2D eigenvalue weighted by Gasteiger charge is 2.32. The molecule has 3 fully saturated rings. The second-order valence-corrected chi connectivity index (χ2v) is 10.8. The van der Waals surface area contributed by atoms with Gasteiger partial charge in [0.1, 0.15) is 6.10 Å². The predicted octanol–water partition coefficient (Wildman–Crippen LogP) is 8.08. The molecule has 3 saturated carbocycles. The zero-order chi connectivity index (χ0) is 20.5. The number of carbonyl (C=O) groups is 1. The highest BCUT2D eigenvalue weighted by atomic mass is 16.5. The maximum absolute atomic E-state index is 11.7. The van der Waals surface area contributed by atoms with E-state index in [2.05, 4.69) is 6.92 Å². The van der Waals surface area contributed by atoms with E-state index in [0.717, 1.165) is 48.9 Å². The van der Waals surface area contributed by atoms with Gasteiger partial charge < -0.3 is 4.74 Å². The zero-order valence-electron chi connectivity index (χ0n) is 19.5. The molecule has 0 aromatic carbocycles. The lowest BCUT2D eigenvalue weighted by Gasteiger charge is -2.38. The van der Waals surface area contributed by atoms with Crippen LogP contribution in [0.1, 0.15) is 129 Å². The standard InChI is InChI=1S/C27H48O2/c1-3-5-21-7-9-22(10-8-21)11-12-23-13-15-24(16-14-23)25-17-19-26(20-18-25)29-27(28)6-4-2/h21-26H,3-20H2,1-2H3/t21-,22-,23-,24-,25-,26-. The van der Waals surface area contributed by atoms with E-state index < -0.39 is 0 Å². The lowest BCUT2D eigenvalue weighted by atomic mass is 9.69. The molecule has 0 spiro atoms. The molecular formula is C27H48O2. The van der Waals surface area contributed by atoms with Crippen molar-refractivity contribution >= 4 is 5.97 Å². The number of hydrogen-bond acceptors (Lipinski definition) is 2. The van der Waals surface area contributed by atoms with Crippen LogP contribution in [-0.2, 0) is 9.53 Å². The Kier molecular flexibility index (Phi) is 9.86. The Morgan fingerprint density at radius 1 is 0.621 bits per heavy atom. The number of hydrogen-bond donors (Lipinski definition) is 0. The van der Waals surface area contributed by atoms with Crippen molar-refractivity contribution in [2.24, 2.45) is 29.6 Å². The molecule has 0 aromatic rings. The minimum Gasteiger partial charge on any atom is -0.462 e. The van der Waals surface area contributed by atoms with E-state index in [1.807, 2.05) is 6.92 Å². The maximum atomic E-state index is 11.7. The fourth-order valence-corrected chi connectivity index (χ4v) is 6.76. The lowest BCUT2D eigenvalue weighted by molar-refractivity contribution is -0.151. The third-order valence-electron chi connectivity index (χ3n) is 8.68. The van der Waals surface area contributed by atoms with Crippen LogP contribution in [0.15, 0.2) is 0 Å². The minimum absolute atomic E-state index is 0.0234. The quantitative estimate of drug-likeness (QED) is 0.363. The van der Waals surface area contributed by atoms with Crippen LogP contribution < -0.4 is 0 Å². The maximum Gasteiger partial charge on any atom is 0.306 e. The smallest absolute Gasteiger partial charge is 0.306 e. The van der Waals surface area contributed by atoms with Crippen molar-refractivity contribution in [2.45, 2.75) is 136 Å². The highest BCUT2D eigenvalue weighted by Crippen LogP contribution is 2.42. The summed E-state index contributed by atoms with van der Waals surface area (Å²) in [7, 11) is 0. The summed E-state index contributed by atoms with van der Waals surface area (Å²) in [4.78, 5) is 11.7. The molecule has 0 aliphatic heterocycles. The molecule has 3 aliphatic rings. The first kappa shape index (κ1) is 23.1. The Morgan fingerprint density at radius 3 is 1.55 bits per heavy atom. The van der Waals surface area contributed by atoms with Crippen LogP contribution in [0.2, 0.25) is 0 Å². The lowest BCUT2D eigenvalue weighted by Crippen LogP contribution is -2.29. The molecule has 29 heavy (non-hydrogen) atoms. The van der Waals surface area contributed by atoms with Crippen molar-refractivity contribution in [3.63, 3.8) is 0 Å². The highest BCUT2D eigenvalue weighted by molar-refractivity contribution is 5.69. The van der Waals surface area contributed by atoms with Gasteiger partial charge in [0.25, 0.3) is 0 Å². The van der Waals surface area contributed by atoms with Crippen molar-refractivity contribution in [3.05, 3.63) is 0 Å². The Morgan fingerprint density at radius 2 is 1.07 bits per heavy atom. The molecule has 0 bridgehead atoms. The SMILES string of the molecule is CCCC(=O)O[C@H]1CC[C@H]([C@H]2CC[C@H](CC[C@H]3CC[C@H](CCC)CC3)CC2)CC1. The average Bonchev–Trinajstić information content (AvgIpc) is 2.75. The predicted molar refractivity (Wildman–Crippen MR) is 122 cm³/mol. The molecular weight excluding hydrogens is 356 g/mol. The van der Waals surface area contributed by atoms with E-state index in [4.69, 9.17) is 4.74 Å². The summed E-state index contributed by atoms with van der Waals surface area (Å²) in [5, 5.41) is 0. The molecule has 0 amide bonds. The van der Waals surface area contributed by atoms with E-state index in [-0.39, 0.29) is 12.1 Å². The van der Waals surface area contributed by atoms with Crippen molar-refractivity contribution < 1.29 is 9.53 Å². The van der Waals surface area contributed by atoms with Gasteiger partial charge in [0, 0.05) is 6.42 Å². The minimum atomic E-state index is 0.0234. The molecule has 2 heteroatoms. The van der Waals surface area contributed by atoms with E-state index in [9.17, 15) is 4.79 Å². The van der Waals surface area contributed by atoms with Crippen LogP contribution in [-0.4, -0.2) is 12.1 Å². The molecule has 0 N–H and O–H groups in total. The third-order valence-corrected chi connectivity index (χ3v) is 8.68. The van der Waals surface area contributed by atoms with Crippen LogP contribution in [0.3, 0.4) is 0 Å². The van der Waals surface area contributed by atoms with E-state index in [1.54, 1.807) is 0 Å². The molecule has 2 nitrogen and oxygen atoms in total. The van der Waals surface area contributed by atoms with Gasteiger partial charge in [0.15, 0.2) is 0 Å². The van der Waals surface area contributed by atoms with Crippen molar-refractivity contribution in [1.82, 2.24) is 0 Å². The van der Waals surface area contributed by atoms with E-state index in [1.165, 1.54) is 89.9 Å². The van der Waals surface area contributed by atoms with Crippen molar-refractivity contribution in [1.29, 1.82) is 0 Å². The second-order valence-electron chi connectivity index (χ2n) is 10.8. The number of carbonyl (C=O) groups excluding carboxylic acids is 1. The van der Waals surface area contributed by atoms with Crippen LogP contribution in [0.5, 0.6) is 0 Å². The first-order valence-electron chi connectivity index (χ1n) is 13.4. The fraction of sp³-hybridized carbons (Fsp3) is 0.963. The number of ether oxygens (including phenoxy) is 1. The van der Waals surface area contributed by atoms with Gasteiger partial charge in [-0.3, -0.25) is 4.79 Å². The van der Waals surface area contributed by atoms with Gasteiger partial charge in [-0.1, -0.05) is 78.1 Å². The molecule has 0 saturated heterocycles. The molecule has 0 unspecified atom stereocenters. The summed E-state index contributed by atoms with van der Waals surface area (Å²) >= 11 is 0. The summed E-state index contributed by atoms with van der Waals surface area (Å²) in [5.41, 5.74) is 0. The molecule has 168 valence electrons. The summed E-state index contributed by atoms with van der Waals surface area (Å²) < 4.78 is 5.66. The van der Waals surface area contributed by atoms with E-state index >= 15 is 0 Å². The second kappa shape index (κ2) is 12.4. The first-order valence-corrected chi connectivity index (χ1v) is 13.4. The van der Waals surface area contributed by atoms with Gasteiger partial charge in [-0.2, -0.15) is 0 Å². The van der Waals surface area contributed by atoms with Gasteiger partial charge in [0.2, 0.25) is 0 Å². The Balaban J connectivity index is 1.27. The van der Waals surface area contributed by atoms with Crippen molar-refractivity contribution in [3.8, 4) is 0 Å². The van der Waals surface area contributed by atoms with E-state index in [0.29, 0.717) is 6.42 Å². The molecule has 0 atom stereocenters. The van der Waals surface area contributed by atoms with Gasteiger partial charge in [-0.15, -0.1) is 0 Å². The normalized spacial score (nSPS) is 35.9. The fourth-order valence-electron chi connectivity index (χ4n) is 6.76. The summed E-state index contributed by atoms with van der Waals surface area (Å²) in [6.07, 6.45) is 24.4. The van der Waals surface area contributed by atoms with Gasteiger partial charge >= 0.3 is 5.97 Å². The molecule has 3 aliphatic carbocycles. The van der Waals surface area contributed by atoms with Crippen LogP contribution in [0, 0.1) is 29.6 Å². The van der Waals surface area contributed by atoms with Gasteiger partial charge in [-0.25, -0.2) is 0 Å². The Hall–Kier alpha value is -0.530.